The quantitative estimate of drug-likeness (QED) is 0.780. The summed E-state index contributed by atoms with van der Waals surface area (Å²) in [6.07, 6.45) is 11.1. The van der Waals surface area contributed by atoms with Crippen LogP contribution in [0.5, 0.6) is 0 Å². The lowest BCUT2D eigenvalue weighted by molar-refractivity contribution is 0.544. The molecule has 0 spiro atoms. The normalized spacial score (nSPS) is 21.5. The van der Waals surface area contributed by atoms with Gasteiger partial charge in [-0.3, -0.25) is 0 Å². The van der Waals surface area contributed by atoms with Gasteiger partial charge in [-0.2, -0.15) is 0 Å². The van der Waals surface area contributed by atoms with E-state index < -0.39 is 0 Å². The summed E-state index contributed by atoms with van der Waals surface area (Å²) in [5, 5.41) is 5.11. The molecule has 118 valence electrons. The standard InChI is InChI=1S/C18H30N2S/c1-18(2,3)16-15(12-19-14-10-11-14)21-17(20-16)13-8-6-4-5-7-9-13/h13-14,19H,4-12H2,1-3H3. The molecule has 3 heteroatoms. The van der Waals surface area contributed by atoms with E-state index in [-0.39, 0.29) is 5.41 Å². The van der Waals surface area contributed by atoms with Crippen molar-refractivity contribution in [2.24, 2.45) is 0 Å². The number of nitrogens with one attached hydrogen (secondary N) is 1. The van der Waals surface area contributed by atoms with Gasteiger partial charge in [0.05, 0.1) is 10.7 Å². The molecule has 3 rings (SSSR count). The topological polar surface area (TPSA) is 24.9 Å². The minimum Gasteiger partial charge on any atom is -0.309 e. The second-order valence-electron chi connectivity index (χ2n) is 7.92. The summed E-state index contributed by atoms with van der Waals surface area (Å²) in [4.78, 5) is 6.62. The maximum atomic E-state index is 5.12. The Balaban J connectivity index is 1.79. The lowest BCUT2D eigenvalue weighted by Crippen LogP contribution is -2.20. The molecule has 2 fully saturated rings. The van der Waals surface area contributed by atoms with E-state index in [1.165, 1.54) is 66.9 Å². The van der Waals surface area contributed by atoms with Crippen molar-refractivity contribution in [2.45, 2.75) is 96.1 Å². The zero-order valence-corrected chi connectivity index (χ0v) is 14.7. The Labute approximate surface area is 133 Å². The average molecular weight is 307 g/mol. The number of rotatable bonds is 4. The van der Waals surface area contributed by atoms with Gasteiger partial charge in [0.1, 0.15) is 0 Å². The third kappa shape index (κ3) is 4.07. The summed E-state index contributed by atoms with van der Waals surface area (Å²) < 4.78 is 0. The van der Waals surface area contributed by atoms with Gasteiger partial charge in [-0.05, 0) is 25.7 Å². The van der Waals surface area contributed by atoms with Crippen molar-refractivity contribution in [1.29, 1.82) is 0 Å². The lowest BCUT2D eigenvalue weighted by Gasteiger charge is -2.18. The van der Waals surface area contributed by atoms with Crippen molar-refractivity contribution >= 4 is 11.3 Å². The van der Waals surface area contributed by atoms with Crippen molar-refractivity contribution in [3.8, 4) is 0 Å². The van der Waals surface area contributed by atoms with Gasteiger partial charge in [0.25, 0.3) is 0 Å². The van der Waals surface area contributed by atoms with Crippen LogP contribution in [0.4, 0.5) is 0 Å². The van der Waals surface area contributed by atoms with Gasteiger partial charge < -0.3 is 5.32 Å². The number of aromatic nitrogens is 1. The highest BCUT2D eigenvalue weighted by Crippen LogP contribution is 2.38. The molecule has 2 aliphatic carbocycles. The first-order valence-electron chi connectivity index (χ1n) is 8.77. The Morgan fingerprint density at radius 3 is 2.29 bits per heavy atom. The predicted octanol–water partition coefficient (Wildman–Crippen LogP) is 5.13. The van der Waals surface area contributed by atoms with Crippen molar-refractivity contribution in [3.05, 3.63) is 15.6 Å². The molecular formula is C18H30N2S. The van der Waals surface area contributed by atoms with Crippen LogP contribution in [0.3, 0.4) is 0 Å². The third-order valence-corrected chi connectivity index (χ3v) is 5.98. The Hall–Kier alpha value is -0.410. The van der Waals surface area contributed by atoms with Crippen LogP contribution in [0.1, 0.15) is 93.6 Å². The van der Waals surface area contributed by atoms with Crippen LogP contribution in [-0.2, 0) is 12.0 Å². The van der Waals surface area contributed by atoms with Gasteiger partial charge >= 0.3 is 0 Å². The molecule has 0 aromatic carbocycles. The fourth-order valence-corrected chi connectivity index (χ4v) is 4.70. The summed E-state index contributed by atoms with van der Waals surface area (Å²) in [5.41, 5.74) is 1.51. The van der Waals surface area contributed by atoms with Gasteiger partial charge in [-0.15, -0.1) is 11.3 Å². The Kier molecular flexibility index (Phi) is 4.70. The minimum absolute atomic E-state index is 0.167. The van der Waals surface area contributed by atoms with Crippen LogP contribution in [-0.4, -0.2) is 11.0 Å². The summed E-state index contributed by atoms with van der Waals surface area (Å²) >= 11 is 2.00. The monoisotopic (exact) mass is 306 g/mol. The number of thiazole rings is 1. The molecule has 0 unspecified atom stereocenters. The molecule has 21 heavy (non-hydrogen) atoms. The molecule has 1 aromatic heterocycles. The summed E-state index contributed by atoms with van der Waals surface area (Å²) in [5.74, 6) is 0.730. The van der Waals surface area contributed by atoms with Crippen molar-refractivity contribution in [1.82, 2.24) is 10.3 Å². The van der Waals surface area contributed by atoms with Crippen LogP contribution >= 0.6 is 11.3 Å². The first-order valence-corrected chi connectivity index (χ1v) is 9.59. The third-order valence-electron chi connectivity index (χ3n) is 4.76. The van der Waals surface area contributed by atoms with Crippen LogP contribution in [0.25, 0.3) is 0 Å². The molecule has 1 aromatic rings. The van der Waals surface area contributed by atoms with E-state index >= 15 is 0 Å². The molecule has 1 heterocycles. The highest BCUT2D eigenvalue weighted by atomic mass is 32.1. The summed E-state index contributed by atoms with van der Waals surface area (Å²) in [7, 11) is 0. The molecule has 0 radical (unpaired) electrons. The molecule has 2 aliphatic rings. The first-order chi connectivity index (χ1) is 10.0. The molecule has 0 amide bonds. The zero-order chi connectivity index (χ0) is 14.9. The van der Waals surface area contributed by atoms with Crippen molar-refractivity contribution < 1.29 is 0 Å². The zero-order valence-electron chi connectivity index (χ0n) is 13.9. The minimum atomic E-state index is 0.167. The molecular weight excluding hydrogens is 276 g/mol. The maximum absolute atomic E-state index is 5.12. The Morgan fingerprint density at radius 1 is 1.05 bits per heavy atom. The molecule has 0 bridgehead atoms. The summed E-state index contributed by atoms with van der Waals surface area (Å²) in [6, 6.07) is 0.779. The van der Waals surface area contributed by atoms with Crippen LogP contribution in [0.2, 0.25) is 0 Å². The smallest absolute Gasteiger partial charge is 0.0962 e. The van der Waals surface area contributed by atoms with Gasteiger partial charge in [0, 0.05) is 28.8 Å². The molecule has 0 saturated heterocycles. The van der Waals surface area contributed by atoms with Crippen LogP contribution < -0.4 is 5.32 Å². The van der Waals surface area contributed by atoms with E-state index in [9.17, 15) is 0 Å². The van der Waals surface area contributed by atoms with Crippen LogP contribution in [0.15, 0.2) is 0 Å². The van der Waals surface area contributed by atoms with Gasteiger partial charge in [-0.25, -0.2) is 4.98 Å². The molecule has 0 aliphatic heterocycles. The second kappa shape index (κ2) is 6.37. The fraction of sp³-hybridized carbons (Fsp3) is 0.833. The van der Waals surface area contributed by atoms with Gasteiger partial charge in [0.2, 0.25) is 0 Å². The maximum Gasteiger partial charge on any atom is 0.0962 e. The lowest BCUT2D eigenvalue weighted by atomic mass is 9.91. The van der Waals surface area contributed by atoms with Crippen molar-refractivity contribution in [3.63, 3.8) is 0 Å². The highest BCUT2D eigenvalue weighted by molar-refractivity contribution is 7.11. The van der Waals surface area contributed by atoms with E-state index in [2.05, 4.69) is 26.1 Å². The SMILES string of the molecule is CC(C)(C)c1nc(C2CCCCCC2)sc1CNC1CC1. The Morgan fingerprint density at radius 2 is 1.71 bits per heavy atom. The van der Waals surface area contributed by atoms with E-state index in [0.29, 0.717) is 0 Å². The largest absolute Gasteiger partial charge is 0.309 e. The van der Waals surface area contributed by atoms with E-state index in [1.807, 2.05) is 11.3 Å². The van der Waals surface area contributed by atoms with Gasteiger partial charge in [-0.1, -0.05) is 46.5 Å². The number of hydrogen-bond acceptors (Lipinski definition) is 3. The predicted molar refractivity (Wildman–Crippen MR) is 91.1 cm³/mol. The Bertz CT molecular complexity index is 460. The van der Waals surface area contributed by atoms with Crippen LogP contribution in [0, 0.1) is 0 Å². The molecule has 1 N–H and O–H groups in total. The molecule has 2 nitrogen and oxygen atoms in total. The number of nitrogens with zero attached hydrogens (tertiary/aromatic N) is 1. The molecule has 0 atom stereocenters. The second-order valence-corrected chi connectivity index (χ2v) is 9.03. The van der Waals surface area contributed by atoms with E-state index in [0.717, 1.165) is 18.5 Å². The highest BCUT2D eigenvalue weighted by Gasteiger charge is 2.28. The van der Waals surface area contributed by atoms with Gasteiger partial charge in [0.15, 0.2) is 0 Å². The van der Waals surface area contributed by atoms with Crippen molar-refractivity contribution in [2.75, 3.05) is 0 Å². The summed E-state index contributed by atoms with van der Waals surface area (Å²) in [6.45, 7) is 7.94. The fourth-order valence-electron chi connectivity index (χ4n) is 3.30. The average Bonchev–Trinajstić information content (AvgIpc) is 3.20. The molecule has 2 saturated carbocycles. The first kappa shape index (κ1) is 15.5. The number of hydrogen-bond donors (Lipinski definition) is 1. The van der Waals surface area contributed by atoms with E-state index in [4.69, 9.17) is 4.98 Å². The van der Waals surface area contributed by atoms with E-state index in [1.54, 1.807) is 0 Å².